The van der Waals surface area contributed by atoms with Crippen molar-refractivity contribution >= 4 is 15.9 Å². The number of likely N-dealkylation sites (N-methyl/N-ethyl adjacent to an activating group) is 1. The Labute approximate surface area is 111 Å². The summed E-state index contributed by atoms with van der Waals surface area (Å²) in [6.07, 6.45) is -0.461. The number of aliphatic hydroxyl groups excluding tert-OH is 1. The minimum Gasteiger partial charge on any atom is -0.490 e. The molecule has 1 aromatic rings. The van der Waals surface area contributed by atoms with Crippen LogP contribution in [0.3, 0.4) is 0 Å². The van der Waals surface area contributed by atoms with E-state index in [0.717, 1.165) is 28.9 Å². The molecule has 0 aliphatic carbocycles. The number of fused-ring (bicyclic) bond motifs is 1. The number of hydrogen-bond acceptors (Lipinski definition) is 3. The molecule has 2 atom stereocenters. The van der Waals surface area contributed by atoms with E-state index in [1.165, 1.54) is 0 Å². The lowest BCUT2D eigenvalue weighted by Crippen LogP contribution is -2.42. The third-order valence-electron chi connectivity index (χ3n) is 3.27. The van der Waals surface area contributed by atoms with Gasteiger partial charge in [-0.05, 0) is 31.3 Å². The third kappa shape index (κ3) is 2.49. The lowest BCUT2D eigenvalue weighted by Gasteiger charge is -2.37. The van der Waals surface area contributed by atoms with Crippen LogP contribution in [0.25, 0.3) is 0 Å². The largest absolute Gasteiger partial charge is 0.490 e. The maximum absolute atomic E-state index is 10.2. The first-order valence-electron chi connectivity index (χ1n) is 6.01. The highest BCUT2D eigenvalue weighted by molar-refractivity contribution is 9.10. The van der Waals surface area contributed by atoms with E-state index >= 15 is 0 Å². The third-order valence-corrected chi connectivity index (χ3v) is 3.76. The number of ether oxygens (including phenoxy) is 1. The minimum atomic E-state index is -0.461. The smallest absolute Gasteiger partial charge is 0.124 e. The van der Waals surface area contributed by atoms with Crippen molar-refractivity contribution in [2.75, 3.05) is 19.7 Å². The van der Waals surface area contributed by atoms with Crippen molar-refractivity contribution in [2.24, 2.45) is 0 Å². The monoisotopic (exact) mass is 299 g/mol. The Morgan fingerprint density at radius 2 is 2.12 bits per heavy atom. The molecular formula is C13H18BrNO2. The summed E-state index contributed by atoms with van der Waals surface area (Å²) in [6.45, 7) is 6.44. The Morgan fingerprint density at radius 1 is 1.41 bits per heavy atom. The van der Waals surface area contributed by atoms with Crippen LogP contribution in [0.5, 0.6) is 5.75 Å². The highest BCUT2D eigenvalue weighted by atomic mass is 79.9. The van der Waals surface area contributed by atoms with E-state index < -0.39 is 6.10 Å². The fourth-order valence-corrected chi connectivity index (χ4v) is 2.79. The van der Waals surface area contributed by atoms with Crippen LogP contribution in [0.4, 0.5) is 0 Å². The quantitative estimate of drug-likeness (QED) is 0.931. The fourth-order valence-electron chi connectivity index (χ4n) is 2.41. The van der Waals surface area contributed by atoms with Gasteiger partial charge in [0.1, 0.15) is 18.5 Å². The average molecular weight is 300 g/mol. The molecule has 1 heterocycles. The van der Waals surface area contributed by atoms with Crippen LogP contribution in [-0.2, 0) is 0 Å². The molecule has 2 rings (SSSR count). The van der Waals surface area contributed by atoms with Crippen LogP contribution >= 0.6 is 15.9 Å². The average Bonchev–Trinajstić information content (AvgIpc) is 2.33. The Bertz CT molecular complexity index is 393. The summed E-state index contributed by atoms with van der Waals surface area (Å²) < 4.78 is 6.58. The maximum Gasteiger partial charge on any atom is 0.124 e. The lowest BCUT2D eigenvalue weighted by molar-refractivity contribution is 0.00363. The van der Waals surface area contributed by atoms with Gasteiger partial charge >= 0.3 is 0 Å². The van der Waals surface area contributed by atoms with Crippen LogP contribution < -0.4 is 4.74 Å². The van der Waals surface area contributed by atoms with Gasteiger partial charge in [0, 0.05) is 10.0 Å². The second kappa shape index (κ2) is 5.38. The van der Waals surface area contributed by atoms with Gasteiger partial charge in [-0.2, -0.15) is 0 Å². The minimum absolute atomic E-state index is 0.0336. The van der Waals surface area contributed by atoms with Crippen molar-refractivity contribution in [3.05, 3.63) is 28.2 Å². The summed E-state index contributed by atoms with van der Waals surface area (Å²) in [5.41, 5.74) is 1.07. The number of halogens is 1. The topological polar surface area (TPSA) is 32.7 Å². The number of rotatable bonds is 3. The van der Waals surface area contributed by atoms with Crippen LogP contribution in [0.2, 0.25) is 0 Å². The Balaban J connectivity index is 2.41. The lowest BCUT2D eigenvalue weighted by atomic mass is 9.96. The first-order valence-corrected chi connectivity index (χ1v) is 6.81. The molecule has 0 saturated heterocycles. The van der Waals surface area contributed by atoms with E-state index in [9.17, 15) is 5.11 Å². The zero-order valence-corrected chi connectivity index (χ0v) is 11.8. The Hall–Kier alpha value is -0.580. The van der Waals surface area contributed by atoms with Gasteiger partial charge in [-0.3, -0.25) is 4.90 Å². The normalized spacial score (nSPS) is 23.4. The highest BCUT2D eigenvalue weighted by Crippen LogP contribution is 2.37. The van der Waals surface area contributed by atoms with Gasteiger partial charge in [-0.25, -0.2) is 0 Å². The van der Waals surface area contributed by atoms with Crippen molar-refractivity contribution in [1.29, 1.82) is 0 Å². The van der Waals surface area contributed by atoms with Crippen LogP contribution in [0.1, 0.15) is 25.5 Å². The predicted molar refractivity (Wildman–Crippen MR) is 71.3 cm³/mol. The summed E-state index contributed by atoms with van der Waals surface area (Å²) >= 11 is 3.48. The molecule has 0 fully saturated rings. The summed E-state index contributed by atoms with van der Waals surface area (Å²) in [7, 11) is 0. The first-order chi connectivity index (χ1) is 8.17. The van der Waals surface area contributed by atoms with Crippen LogP contribution in [0.15, 0.2) is 22.7 Å². The molecule has 0 bridgehead atoms. The fraction of sp³-hybridized carbons (Fsp3) is 0.538. The van der Waals surface area contributed by atoms with Gasteiger partial charge in [-0.1, -0.05) is 29.8 Å². The Kier molecular flexibility index (Phi) is 4.07. The van der Waals surface area contributed by atoms with E-state index in [-0.39, 0.29) is 6.04 Å². The summed E-state index contributed by atoms with van der Waals surface area (Å²) in [4.78, 5) is 2.26. The van der Waals surface area contributed by atoms with Gasteiger partial charge in [0.2, 0.25) is 0 Å². The molecule has 0 saturated carbocycles. The van der Waals surface area contributed by atoms with Crippen LogP contribution in [-0.4, -0.2) is 35.8 Å². The molecule has 0 radical (unpaired) electrons. The molecule has 2 unspecified atom stereocenters. The number of nitrogens with zero attached hydrogens (tertiary/aromatic N) is 1. The Morgan fingerprint density at radius 3 is 2.76 bits per heavy atom. The van der Waals surface area contributed by atoms with Gasteiger partial charge < -0.3 is 9.84 Å². The molecule has 1 aliphatic rings. The molecule has 17 heavy (non-hydrogen) atoms. The van der Waals surface area contributed by atoms with Crippen molar-refractivity contribution in [3.8, 4) is 5.75 Å². The second-order valence-corrected chi connectivity index (χ2v) is 5.14. The van der Waals surface area contributed by atoms with Gasteiger partial charge in [-0.15, -0.1) is 0 Å². The molecule has 0 aromatic heterocycles. The highest BCUT2D eigenvalue weighted by Gasteiger charge is 2.32. The van der Waals surface area contributed by atoms with Crippen LogP contribution in [0, 0.1) is 0 Å². The second-order valence-electron chi connectivity index (χ2n) is 4.23. The zero-order chi connectivity index (χ0) is 12.4. The van der Waals surface area contributed by atoms with Gasteiger partial charge in [0.05, 0.1) is 6.04 Å². The summed E-state index contributed by atoms with van der Waals surface area (Å²) in [6, 6.07) is 6.00. The number of aliphatic hydroxyl groups is 1. The van der Waals surface area contributed by atoms with Crippen molar-refractivity contribution in [2.45, 2.75) is 26.0 Å². The molecule has 1 aliphatic heterocycles. The molecule has 3 nitrogen and oxygen atoms in total. The molecule has 0 amide bonds. The molecule has 1 aromatic carbocycles. The van der Waals surface area contributed by atoms with Crippen molar-refractivity contribution in [1.82, 2.24) is 4.90 Å². The van der Waals surface area contributed by atoms with Gasteiger partial charge in [0.15, 0.2) is 0 Å². The molecule has 4 heteroatoms. The van der Waals surface area contributed by atoms with Gasteiger partial charge in [0.25, 0.3) is 0 Å². The standard InChI is InChI=1S/C13H18BrNO2/c1-3-15(4-2)13-10-7-9(14)5-6-12(10)17-8-11(13)16/h5-7,11,13,16H,3-4,8H2,1-2H3. The predicted octanol–water partition coefficient (Wildman–Crippen LogP) is 2.59. The van der Waals surface area contributed by atoms with E-state index in [4.69, 9.17) is 4.74 Å². The summed E-state index contributed by atoms with van der Waals surface area (Å²) in [5, 5.41) is 10.2. The first kappa shape index (κ1) is 12.9. The number of benzene rings is 1. The summed E-state index contributed by atoms with van der Waals surface area (Å²) in [5.74, 6) is 0.885. The molecular weight excluding hydrogens is 282 g/mol. The molecule has 0 spiro atoms. The zero-order valence-electron chi connectivity index (χ0n) is 10.2. The van der Waals surface area contributed by atoms with Crippen molar-refractivity contribution in [3.63, 3.8) is 0 Å². The molecule has 1 N–H and O–H groups in total. The SMILES string of the molecule is CCN(CC)C1c2cc(Br)ccc2OCC1O. The van der Waals surface area contributed by atoms with E-state index in [0.29, 0.717) is 6.61 Å². The van der Waals surface area contributed by atoms with Crippen molar-refractivity contribution < 1.29 is 9.84 Å². The van der Waals surface area contributed by atoms with E-state index in [1.54, 1.807) is 0 Å². The van der Waals surface area contributed by atoms with E-state index in [1.807, 2.05) is 18.2 Å². The number of hydrogen-bond donors (Lipinski definition) is 1. The van der Waals surface area contributed by atoms with E-state index in [2.05, 4.69) is 34.7 Å². The molecule has 94 valence electrons. The maximum atomic E-state index is 10.2.